The summed E-state index contributed by atoms with van der Waals surface area (Å²) < 4.78 is 5.14. The molecule has 0 aliphatic carbocycles. The van der Waals surface area contributed by atoms with Gasteiger partial charge in [0, 0.05) is 10.6 Å². The lowest BCUT2D eigenvalue weighted by Crippen LogP contribution is -2.27. The summed E-state index contributed by atoms with van der Waals surface area (Å²) >= 11 is 5.80. The van der Waals surface area contributed by atoms with Crippen LogP contribution in [0.5, 0.6) is 5.75 Å². The number of nitrogens with one attached hydrogen (secondary N) is 1. The molecular weight excluding hydrogens is 200 g/mol. The van der Waals surface area contributed by atoms with Crippen LogP contribution in [0.1, 0.15) is 11.6 Å². The molecule has 3 N–H and O–H groups in total. The maximum atomic E-state index is 5.80. The number of halogens is 1. The maximum Gasteiger partial charge on any atom is 0.126 e. The van der Waals surface area contributed by atoms with Crippen molar-refractivity contribution in [3.8, 4) is 18.1 Å². The summed E-state index contributed by atoms with van der Waals surface area (Å²) in [4.78, 5) is 0. The first kappa shape index (κ1) is 10.9. The van der Waals surface area contributed by atoms with Crippen molar-refractivity contribution in [3.05, 3.63) is 28.8 Å². The first-order valence-corrected chi connectivity index (χ1v) is 4.36. The van der Waals surface area contributed by atoms with E-state index in [4.69, 9.17) is 28.6 Å². The first-order chi connectivity index (χ1) is 6.72. The molecule has 0 aromatic heterocycles. The average molecular weight is 211 g/mol. The van der Waals surface area contributed by atoms with Crippen molar-refractivity contribution in [2.24, 2.45) is 5.84 Å². The van der Waals surface area contributed by atoms with Gasteiger partial charge in [0.25, 0.3) is 0 Å². The standard InChI is InChI=1S/C10H11ClN2O/c1-3-9(13-12)8-5-4-7(11)6-10(8)14-2/h1,4-6,9,13H,12H2,2H3. The summed E-state index contributed by atoms with van der Waals surface area (Å²) in [5, 5.41) is 0.596. The van der Waals surface area contributed by atoms with Crippen molar-refractivity contribution in [3.63, 3.8) is 0 Å². The van der Waals surface area contributed by atoms with Crippen molar-refractivity contribution < 1.29 is 4.74 Å². The Balaban J connectivity index is 3.14. The highest BCUT2D eigenvalue weighted by Gasteiger charge is 2.11. The molecule has 0 heterocycles. The van der Waals surface area contributed by atoms with E-state index < -0.39 is 0 Å². The van der Waals surface area contributed by atoms with E-state index in [1.807, 2.05) is 0 Å². The van der Waals surface area contributed by atoms with Gasteiger partial charge in [0.05, 0.1) is 7.11 Å². The van der Waals surface area contributed by atoms with Crippen LogP contribution in [0.3, 0.4) is 0 Å². The summed E-state index contributed by atoms with van der Waals surface area (Å²) in [7, 11) is 1.55. The molecule has 3 nitrogen and oxygen atoms in total. The average Bonchev–Trinajstić information content (AvgIpc) is 2.21. The number of hydrazine groups is 1. The van der Waals surface area contributed by atoms with Crippen molar-refractivity contribution >= 4 is 11.6 Å². The lowest BCUT2D eigenvalue weighted by Gasteiger charge is -2.13. The molecular formula is C10H11ClN2O. The third-order valence-corrected chi connectivity index (χ3v) is 2.07. The van der Waals surface area contributed by atoms with Crippen LogP contribution in [0.25, 0.3) is 0 Å². The van der Waals surface area contributed by atoms with Gasteiger partial charge < -0.3 is 4.74 Å². The Kier molecular flexibility index (Phi) is 3.78. The lowest BCUT2D eigenvalue weighted by molar-refractivity contribution is 0.406. The number of rotatable bonds is 3. The molecule has 14 heavy (non-hydrogen) atoms. The molecule has 0 radical (unpaired) electrons. The van der Waals surface area contributed by atoms with E-state index in [9.17, 15) is 0 Å². The molecule has 0 saturated heterocycles. The van der Waals surface area contributed by atoms with E-state index in [0.717, 1.165) is 5.56 Å². The molecule has 0 amide bonds. The lowest BCUT2D eigenvalue weighted by atomic mass is 10.1. The zero-order valence-electron chi connectivity index (χ0n) is 7.75. The number of benzene rings is 1. The van der Waals surface area contributed by atoms with Gasteiger partial charge in [-0.3, -0.25) is 5.84 Å². The maximum absolute atomic E-state index is 5.80. The Hall–Kier alpha value is -1.21. The van der Waals surface area contributed by atoms with Gasteiger partial charge in [0.1, 0.15) is 11.8 Å². The Morgan fingerprint density at radius 1 is 1.64 bits per heavy atom. The number of nitrogens with two attached hydrogens (primary N) is 1. The molecule has 1 aromatic carbocycles. The number of methoxy groups -OCH3 is 1. The van der Waals surface area contributed by atoms with Crippen LogP contribution < -0.4 is 16.0 Å². The fourth-order valence-corrected chi connectivity index (χ4v) is 1.31. The van der Waals surface area contributed by atoms with E-state index in [-0.39, 0.29) is 6.04 Å². The molecule has 0 saturated carbocycles. The molecule has 4 heteroatoms. The molecule has 0 aliphatic heterocycles. The molecule has 1 aromatic rings. The van der Waals surface area contributed by atoms with Crippen LogP contribution in [0.2, 0.25) is 5.02 Å². The zero-order chi connectivity index (χ0) is 10.6. The van der Waals surface area contributed by atoms with E-state index in [0.29, 0.717) is 10.8 Å². The van der Waals surface area contributed by atoms with Crippen LogP contribution in [-0.4, -0.2) is 7.11 Å². The number of terminal acetylenes is 1. The predicted molar refractivity (Wildman–Crippen MR) is 56.9 cm³/mol. The molecule has 1 rings (SSSR count). The quantitative estimate of drug-likeness (QED) is 0.452. The van der Waals surface area contributed by atoms with Crippen LogP contribution >= 0.6 is 11.6 Å². The van der Waals surface area contributed by atoms with Crippen LogP contribution in [-0.2, 0) is 0 Å². The summed E-state index contributed by atoms with van der Waals surface area (Å²) in [5.41, 5.74) is 3.30. The SMILES string of the molecule is C#CC(NN)c1ccc(Cl)cc1OC. The van der Waals surface area contributed by atoms with Gasteiger partial charge in [-0.1, -0.05) is 23.6 Å². The van der Waals surface area contributed by atoms with Crippen molar-refractivity contribution in [2.75, 3.05) is 7.11 Å². The molecule has 0 aliphatic rings. The molecule has 0 spiro atoms. The van der Waals surface area contributed by atoms with Gasteiger partial charge in [-0.25, -0.2) is 5.43 Å². The Labute approximate surface area is 88.2 Å². The highest BCUT2D eigenvalue weighted by Crippen LogP contribution is 2.27. The molecule has 1 atom stereocenters. The smallest absolute Gasteiger partial charge is 0.126 e. The molecule has 0 fully saturated rings. The minimum absolute atomic E-state index is 0.373. The third-order valence-electron chi connectivity index (χ3n) is 1.84. The van der Waals surface area contributed by atoms with Gasteiger partial charge in [0.2, 0.25) is 0 Å². The Bertz CT molecular complexity index is 360. The van der Waals surface area contributed by atoms with Gasteiger partial charge in [-0.15, -0.1) is 6.42 Å². The fourth-order valence-electron chi connectivity index (χ4n) is 1.15. The van der Waals surface area contributed by atoms with Crippen LogP contribution in [0, 0.1) is 12.3 Å². The number of hydrogen-bond donors (Lipinski definition) is 2. The van der Waals surface area contributed by atoms with Gasteiger partial charge in [-0.05, 0) is 12.1 Å². The summed E-state index contributed by atoms with van der Waals surface area (Å²) in [6.07, 6.45) is 5.30. The highest BCUT2D eigenvalue weighted by atomic mass is 35.5. The van der Waals surface area contributed by atoms with E-state index in [1.54, 1.807) is 25.3 Å². The second-order valence-corrected chi connectivity index (χ2v) is 3.09. The van der Waals surface area contributed by atoms with E-state index in [1.165, 1.54) is 0 Å². The van der Waals surface area contributed by atoms with E-state index in [2.05, 4.69) is 11.3 Å². The number of ether oxygens (including phenoxy) is 1. The highest BCUT2D eigenvalue weighted by molar-refractivity contribution is 6.30. The monoisotopic (exact) mass is 210 g/mol. The Morgan fingerprint density at radius 3 is 2.86 bits per heavy atom. The predicted octanol–water partition coefficient (Wildman–Crippen LogP) is 1.49. The second-order valence-electron chi connectivity index (χ2n) is 2.65. The minimum Gasteiger partial charge on any atom is -0.496 e. The van der Waals surface area contributed by atoms with Crippen LogP contribution in [0.15, 0.2) is 18.2 Å². The molecule has 1 unspecified atom stereocenters. The largest absolute Gasteiger partial charge is 0.496 e. The van der Waals surface area contributed by atoms with Crippen molar-refractivity contribution in [2.45, 2.75) is 6.04 Å². The first-order valence-electron chi connectivity index (χ1n) is 3.98. The fraction of sp³-hybridized carbons (Fsp3) is 0.200. The van der Waals surface area contributed by atoms with Crippen LogP contribution in [0.4, 0.5) is 0 Å². The molecule has 0 bridgehead atoms. The van der Waals surface area contributed by atoms with Gasteiger partial charge in [0.15, 0.2) is 0 Å². The van der Waals surface area contributed by atoms with Crippen molar-refractivity contribution in [1.29, 1.82) is 0 Å². The topological polar surface area (TPSA) is 47.3 Å². The molecule has 74 valence electrons. The normalized spacial score (nSPS) is 11.9. The van der Waals surface area contributed by atoms with E-state index >= 15 is 0 Å². The second kappa shape index (κ2) is 4.87. The summed E-state index contributed by atoms with van der Waals surface area (Å²) in [5.74, 6) is 8.42. The van der Waals surface area contributed by atoms with Crippen molar-refractivity contribution in [1.82, 2.24) is 5.43 Å². The summed E-state index contributed by atoms with van der Waals surface area (Å²) in [6.45, 7) is 0. The van der Waals surface area contributed by atoms with Gasteiger partial charge >= 0.3 is 0 Å². The summed E-state index contributed by atoms with van der Waals surface area (Å²) in [6, 6.07) is 4.84. The van der Waals surface area contributed by atoms with Gasteiger partial charge in [-0.2, -0.15) is 0 Å². The Morgan fingerprint density at radius 2 is 2.36 bits per heavy atom. The number of hydrogen-bond acceptors (Lipinski definition) is 3. The minimum atomic E-state index is -0.373. The zero-order valence-corrected chi connectivity index (χ0v) is 8.51. The third kappa shape index (κ3) is 2.18.